The molecule has 0 unspecified atom stereocenters. The second-order valence-electron chi connectivity index (χ2n) is 5.36. The molecule has 122 valence electrons. The minimum Gasteiger partial charge on any atom is -0.325 e. The highest BCUT2D eigenvalue weighted by Gasteiger charge is 2.17. The second kappa shape index (κ2) is 7.97. The van der Waals surface area contributed by atoms with Crippen LogP contribution in [0.25, 0.3) is 0 Å². The van der Waals surface area contributed by atoms with E-state index >= 15 is 0 Å². The first-order chi connectivity index (χ1) is 11.0. The minimum atomic E-state index is -0.366. The van der Waals surface area contributed by atoms with E-state index in [0.717, 1.165) is 29.8 Å². The lowest BCUT2D eigenvalue weighted by molar-refractivity contribution is -0.115. The molecule has 2 N–H and O–H groups in total. The zero-order valence-corrected chi connectivity index (χ0v) is 14.4. The number of aromatic nitrogens is 2. The SMILES string of the molecule is CCCc1cc(=O)[nH]c(S[C@@H](C)C(=O)Nc2ccccc2C)n1. The van der Waals surface area contributed by atoms with Crippen LogP contribution in [0.4, 0.5) is 5.69 Å². The molecule has 0 radical (unpaired) electrons. The lowest BCUT2D eigenvalue weighted by atomic mass is 10.2. The van der Waals surface area contributed by atoms with Crippen LogP contribution in [-0.4, -0.2) is 21.1 Å². The fourth-order valence-corrected chi connectivity index (χ4v) is 2.92. The van der Waals surface area contributed by atoms with Gasteiger partial charge in [0.1, 0.15) is 0 Å². The molecule has 0 saturated heterocycles. The van der Waals surface area contributed by atoms with Crippen molar-refractivity contribution >= 4 is 23.4 Å². The number of nitrogens with one attached hydrogen (secondary N) is 2. The van der Waals surface area contributed by atoms with Gasteiger partial charge in [0.2, 0.25) is 5.91 Å². The van der Waals surface area contributed by atoms with Crippen molar-refractivity contribution in [2.45, 2.75) is 44.0 Å². The summed E-state index contributed by atoms with van der Waals surface area (Å²) in [6.07, 6.45) is 1.67. The van der Waals surface area contributed by atoms with E-state index in [4.69, 9.17) is 0 Å². The van der Waals surface area contributed by atoms with E-state index in [0.29, 0.717) is 5.16 Å². The summed E-state index contributed by atoms with van der Waals surface area (Å²) in [6.45, 7) is 5.78. The van der Waals surface area contributed by atoms with Gasteiger partial charge in [0.25, 0.3) is 5.56 Å². The number of para-hydroxylation sites is 1. The minimum absolute atomic E-state index is 0.118. The molecular weight excluding hydrogens is 310 g/mol. The predicted molar refractivity (Wildman–Crippen MR) is 94.0 cm³/mol. The standard InChI is InChI=1S/C17H21N3O2S/c1-4-7-13-10-15(21)20-17(18-13)23-12(3)16(22)19-14-9-6-5-8-11(14)2/h5-6,8-10,12H,4,7H2,1-3H3,(H,19,22)(H,18,20,21)/t12-/m0/s1. The molecule has 0 fully saturated rings. The van der Waals surface area contributed by atoms with E-state index in [1.165, 1.54) is 17.8 Å². The Morgan fingerprint density at radius 3 is 2.83 bits per heavy atom. The first-order valence-electron chi connectivity index (χ1n) is 7.63. The Labute approximate surface area is 139 Å². The van der Waals surface area contributed by atoms with Crippen LogP contribution < -0.4 is 10.9 Å². The van der Waals surface area contributed by atoms with E-state index in [2.05, 4.69) is 15.3 Å². The van der Waals surface area contributed by atoms with Crippen molar-refractivity contribution in [1.29, 1.82) is 0 Å². The van der Waals surface area contributed by atoms with Gasteiger partial charge in [0.15, 0.2) is 5.16 Å². The van der Waals surface area contributed by atoms with Crippen LogP contribution in [0.2, 0.25) is 0 Å². The lowest BCUT2D eigenvalue weighted by Crippen LogP contribution is -2.23. The van der Waals surface area contributed by atoms with Gasteiger partial charge in [-0.05, 0) is 31.9 Å². The number of hydrogen-bond donors (Lipinski definition) is 2. The Bertz CT molecular complexity index is 743. The molecule has 5 nitrogen and oxygen atoms in total. The van der Waals surface area contributed by atoms with Gasteiger partial charge in [-0.1, -0.05) is 43.3 Å². The van der Waals surface area contributed by atoms with Crippen molar-refractivity contribution in [2.75, 3.05) is 5.32 Å². The number of H-pyrrole nitrogens is 1. The number of carbonyl (C=O) groups is 1. The molecule has 6 heteroatoms. The van der Waals surface area contributed by atoms with E-state index in [-0.39, 0.29) is 16.7 Å². The fraction of sp³-hybridized carbons (Fsp3) is 0.353. The molecule has 1 aromatic heterocycles. The lowest BCUT2D eigenvalue weighted by Gasteiger charge is -2.13. The maximum atomic E-state index is 12.3. The molecule has 23 heavy (non-hydrogen) atoms. The Morgan fingerprint density at radius 2 is 2.13 bits per heavy atom. The normalized spacial score (nSPS) is 12.0. The third kappa shape index (κ3) is 4.96. The van der Waals surface area contributed by atoms with Gasteiger partial charge in [0, 0.05) is 17.4 Å². The first kappa shape index (κ1) is 17.3. The van der Waals surface area contributed by atoms with E-state index in [9.17, 15) is 9.59 Å². The topological polar surface area (TPSA) is 74.8 Å². The first-order valence-corrected chi connectivity index (χ1v) is 8.51. The van der Waals surface area contributed by atoms with Crippen molar-refractivity contribution < 1.29 is 4.79 Å². The summed E-state index contributed by atoms with van der Waals surface area (Å²) in [5.74, 6) is -0.118. The molecule has 0 aliphatic carbocycles. The van der Waals surface area contributed by atoms with Gasteiger partial charge in [0.05, 0.1) is 5.25 Å². The fourth-order valence-electron chi connectivity index (χ4n) is 2.09. The molecule has 0 aliphatic rings. The molecular formula is C17H21N3O2S. The predicted octanol–water partition coefficient (Wildman–Crippen LogP) is 3.15. The van der Waals surface area contributed by atoms with Gasteiger partial charge >= 0.3 is 0 Å². The smallest absolute Gasteiger partial charge is 0.251 e. The largest absolute Gasteiger partial charge is 0.325 e. The molecule has 0 spiro atoms. The molecule has 2 rings (SSSR count). The van der Waals surface area contributed by atoms with Crippen molar-refractivity contribution in [1.82, 2.24) is 9.97 Å². The summed E-state index contributed by atoms with van der Waals surface area (Å²) in [7, 11) is 0. The number of aryl methyl sites for hydroxylation is 2. The summed E-state index contributed by atoms with van der Waals surface area (Å²) in [4.78, 5) is 31.1. The molecule has 2 aromatic rings. The van der Waals surface area contributed by atoms with Crippen molar-refractivity contribution in [2.24, 2.45) is 0 Å². The third-order valence-electron chi connectivity index (χ3n) is 3.34. The van der Waals surface area contributed by atoms with Gasteiger partial charge in [-0.3, -0.25) is 9.59 Å². The van der Waals surface area contributed by atoms with Crippen LogP contribution in [-0.2, 0) is 11.2 Å². The number of carbonyl (C=O) groups excluding carboxylic acids is 1. The number of rotatable bonds is 6. The van der Waals surface area contributed by atoms with Gasteiger partial charge in [-0.25, -0.2) is 4.98 Å². The quantitative estimate of drug-likeness (QED) is 0.630. The van der Waals surface area contributed by atoms with E-state index in [1.807, 2.05) is 38.1 Å². The highest BCUT2D eigenvalue weighted by Crippen LogP contribution is 2.21. The number of anilines is 1. The average molecular weight is 331 g/mol. The molecule has 1 amide bonds. The van der Waals surface area contributed by atoms with Crippen molar-refractivity contribution in [3.8, 4) is 0 Å². The van der Waals surface area contributed by atoms with Gasteiger partial charge in [-0.2, -0.15) is 0 Å². The number of nitrogens with zero attached hydrogens (tertiary/aromatic N) is 1. The zero-order valence-electron chi connectivity index (χ0n) is 13.6. The van der Waals surface area contributed by atoms with Crippen LogP contribution in [0.1, 0.15) is 31.5 Å². The molecule has 1 aromatic carbocycles. The van der Waals surface area contributed by atoms with Crippen molar-refractivity contribution in [3.05, 3.63) is 51.9 Å². The molecule has 0 aliphatic heterocycles. The maximum Gasteiger partial charge on any atom is 0.251 e. The summed E-state index contributed by atoms with van der Waals surface area (Å²) < 4.78 is 0. The molecule has 0 saturated carbocycles. The summed E-state index contributed by atoms with van der Waals surface area (Å²) in [5.41, 5.74) is 2.38. The molecule has 1 heterocycles. The van der Waals surface area contributed by atoms with Crippen LogP contribution >= 0.6 is 11.8 Å². The number of benzene rings is 1. The van der Waals surface area contributed by atoms with Crippen molar-refractivity contribution in [3.63, 3.8) is 0 Å². The molecule has 0 bridgehead atoms. The number of hydrogen-bond acceptors (Lipinski definition) is 4. The number of aromatic amines is 1. The number of amides is 1. The number of thioether (sulfide) groups is 1. The Morgan fingerprint density at radius 1 is 1.39 bits per heavy atom. The van der Waals surface area contributed by atoms with Crippen LogP contribution in [0.15, 0.2) is 40.3 Å². The summed E-state index contributed by atoms with van der Waals surface area (Å²) in [5, 5.41) is 3.02. The van der Waals surface area contributed by atoms with Crippen LogP contribution in [0.3, 0.4) is 0 Å². The Hall–Kier alpha value is -2.08. The van der Waals surface area contributed by atoms with Gasteiger partial charge in [-0.15, -0.1) is 0 Å². The third-order valence-corrected chi connectivity index (χ3v) is 4.32. The zero-order chi connectivity index (χ0) is 16.8. The average Bonchev–Trinajstić information content (AvgIpc) is 2.49. The Balaban J connectivity index is 2.06. The Kier molecular flexibility index (Phi) is 5.98. The molecule has 1 atom stereocenters. The van der Waals surface area contributed by atoms with Crippen LogP contribution in [0.5, 0.6) is 0 Å². The highest BCUT2D eigenvalue weighted by atomic mass is 32.2. The maximum absolute atomic E-state index is 12.3. The van der Waals surface area contributed by atoms with E-state index < -0.39 is 0 Å². The summed E-state index contributed by atoms with van der Waals surface area (Å²) in [6, 6.07) is 9.13. The summed E-state index contributed by atoms with van der Waals surface area (Å²) >= 11 is 1.25. The van der Waals surface area contributed by atoms with Gasteiger partial charge < -0.3 is 10.3 Å². The van der Waals surface area contributed by atoms with Crippen LogP contribution in [0, 0.1) is 6.92 Å². The monoisotopic (exact) mass is 331 g/mol. The second-order valence-corrected chi connectivity index (χ2v) is 6.69. The highest BCUT2D eigenvalue weighted by molar-refractivity contribution is 8.00. The van der Waals surface area contributed by atoms with E-state index in [1.54, 1.807) is 6.92 Å².